The molecule has 0 radical (unpaired) electrons. The van der Waals surface area contributed by atoms with Gasteiger partial charge in [0.25, 0.3) is 0 Å². The molecule has 2 N–H and O–H groups in total. The van der Waals surface area contributed by atoms with Gasteiger partial charge in [-0.15, -0.1) is 0 Å². The van der Waals surface area contributed by atoms with Gasteiger partial charge in [0.05, 0.1) is 10.6 Å². The van der Waals surface area contributed by atoms with E-state index in [2.05, 4.69) is 5.32 Å². The molecule has 104 valence electrons. The van der Waals surface area contributed by atoms with Crippen LogP contribution in [-0.2, 0) is 6.54 Å². The highest BCUT2D eigenvalue weighted by atomic mass is 35.5. The van der Waals surface area contributed by atoms with E-state index < -0.39 is 17.6 Å². The molecule has 3 nitrogen and oxygen atoms in total. The predicted molar refractivity (Wildman–Crippen MR) is 72.1 cm³/mol. The minimum atomic E-state index is -1.13. The van der Waals surface area contributed by atoms with Crippen molar-refractivity contribution in [3.8, 4) is 0 Å². The van der Waals surface area contributed by atoms with Gasteiger partial charge >= 0.3 is 5.97 Å². The lowest BCUT2D eigenvalue weighted by molar-refractivity contribution is 0.0697. The number of anilines is 1. The molecule has 0 unspecified atom stereocenters. The fourth-order valence-corrected chi connectivity index (χ4v) is 1.94. The molecule has 0 saturated carbocycles. The van der Waals surface area contributed by atoms with Gasteiger partial charge in [0, 0.05) is 17.8 Å². The molecule has 2 aromatic carbocycles. The Bertz CT molecular complexity index is 662. The van der Waals surface area contributed by atoms with Gasteiger partial charge < -0.3 is 10.4 Å². The summed E-state index contributed by atoms with van der Waals surface area (Å²) >= 11 is 5.81. The Balaban J connectivity index is 2.13. The summed E-state index contributed by atoms with van der Waals surface area (Å²) in [4.78, 5) is 10.8. The minimum absolute atomic E-state index is 0.0193. The third-order valence-corrected chi connectivity index (χ3v) is 3.00. The van der Waals surface area contributed by atoms with E-state index in [-0.39, 0.29) is 22.7 Å². The lowest BCUT2D eigenvalue weighted by Gasteiger charge is -2.09. The average Bonchev–Trinajstić information content (AvgIpc) is 2.39. The van der Waals surface area contributed by atoms with Gasteiger partial charge in [-0.3, -0.25) is 0 Å². The highest BCUT2D eigenvalue weighted by Crippen LogP contribution is 2.22. The van der Waals surface area contributed by atoms with Crippen molar-refractivity contribution in [3.63, 3.8) is 0 Å². The molecule has 0 saturated heterocycles. The number of aromatic carboxylic acids is 1. The van der Waals surface area contributed by atoms with Crippen molar-refractivity contribution in [2.75, 3.05) is 5.32 Å². The lowest BCUT2D eigenvalue weighted by atomic mass is 10.1. The number of carbonyl (C=O) groups is 1. The molecule has 0 spiro atoms. The zero-order chi connectivity index (χ0) is 14.7. The standard InChI is InChI=1S/C14H10ClF2NO2/c15-12-6-10(2-3-11(12)14(19)20)18-7-8-5-9(16)1-4-13(8)17/h1-6,18H,7H2,(H,19,20). The second-order valence-electron chi connectivity index (χ2n) is 4.09. The second-order valence-corrected chi connectivity index (χ2v) is 4.50. The molecule has 20 heavy (non-hydrogen) atoms. The topological polar surface area (TPSA) is 49.3 Å². The smallest absolute Gasteiger partial charge is 0.337 e. The van der Waals surface area contributed by atoms with E-state index in [0.29, 0.717) is 5.69 Å². The van der Waals surface area contributed by atoms with E-state index >= 15 is 0 Å². The SMILES string of the molecule is O=C(O)c1ccc(NCc2cc(F)ccc2F)cc1Cl. The van der Waals surface area contributed by atoms with Crippen molar-refractivity contribution in [1.82, 2.24) is 0 Å². The van der Waals surface area contributed by atoms with E-state index in [1.807, 2.05) is 0 Å². The molecule has 0 fully saturated rings. The molecule has 0 aliphatic rings. The fraction of sp³-hybridized carbons (Fsp3) is 0.0714. The van der Waals surface area contributed by atoms with E-state index in [1.54, 1.807) is 0 Å². The molecule has 0 atom stereocenters. The van der Waals surface area contributed by atoms with Crippen LogP contribution in [0.5, 0.6) is 0 Å². The van der Waals surface area contributed by atoms with Crippen LogP contribution < -0.4 is 5.32 Å². The molecule has 0 heterocycles. The summed E-state index contributed by atoms with van der Waals surface area (Å²) in [5, 5.41) is 11.8. The van der Waals surface area contributed by atoms with Gasteiger partial charge in [-0.2, -0.15) is 0 Å². The number of nitrogens with one attached hydrogen (secondary N) is 1. The number of halogens is 3. The zero-order valence-corrected chi connectivity index (χ0v) is 10.9. The van der Waals surface area contributed by atoms with Gasteiger partial charge in [-0.1, -0.05) is 11.6 Å². The van der Waals surface area contributed by atoms with Crippen LogP contribution in [0.1, 0.15) is 15.9 Å². The van der Waals surface area contributed by atoms with Crippen LogP contribution in [0.4, 0.5) is 14.5 Å². The third kappa shape index (κ3) is 3.24. The molecular formula is C14H10ClF2NO2. The van der Waals surface area contributed by atoms with Gasteiger partial charge in [0.1, 0.15) is 11.6 Å². The Morgan fingerprint density at radius 1 is 1.20 bits per heavy atom. The van der Waals surface area contributed by atoms with Gasteiger partial charge in [-0.05, 0) is 36.4 Å². The molecule has 0 aromatic heterocycles. The monoisotopic (exact) mass is 297 g/mol. The molecule has 2 rings (SSSR count). The summed E-state index contributed by atoms with van der Waals surface area (Å²) < 4.78 is 26.4. The summed E-state index contributed by atoms with van der Waals surface area (Å²) in [6, 6.07) is 7.45. The van der Waals surface area contributed by atoms with Crippen molar-refractivity contribution in [2.24, 2.45) is 0 Å². The maximum atomic E-state index is 13.4. The Hall–Kier alpha value is -2.14. The van der Waals surface area contributed by atoms with Crippen LogP contribution in [-0.4, -0.2) is 11.1 Å². The van der Waals surface area contributed by atoms with Crippen LogP contribution in [0, 0.1) is 11.6 Å². The summed E-state index contributed by atoms with van der Waals surface area (Å²) in [6.07, 6.45) is 0. The van der Waals surface area contributed by atoms with Gasteiger partial charge in [-0.25, -0.2) is 13.6 Å². The largest absolute Gasteiger partial charge is 0.478 e. The lowest BCUT2D eigenvalue weighted by Crippen LogP contribution is -2.03. The van der Waals surface area contributed by atoms with Crippen LogP contribution in [0.2, 0.25) is 5.02 Å². The molecule has 0 aliphatic heterocycles. The molecule has 2 aromatic rings. The number of carboxylic acids is 1. The quantitative estimate of drug-likeness (QED) is 0.899. The van der Waals surface area contributed by atoms with Crippen molar-refractivity contribution < 1.29 is 18.7 Å². The summed E-state index contributed by atoms with van der Waals surface area (Å²) in [5.41, 5.74) is 0.668. The number of hydrogen-bond donors (Lipinski definition) is 2. The fourth-order valence-electron chi connectivity index (χ4n) is 1.67. The zero-order valence-electron chi connectivity index (χ0n) is 10.2. The first-order valence-corrected chi connectivity index (χ1v) is 6.06. The Morgan fingerprint density at radius 3 is 2.60 bits per heavy atom. The van der Waals surface area contributed by atoms with Gasteiger partial charge in [0.2, 0.25) is 0 Å². The molecule has 6 heteroatoms. The van der Waals surface area contributed by atoms with Crippen molar-refractivity contribution in [3.05, 3.63) is 64.2 Å². The van der Waals surface area contributed by atoms with Crippen molar-refractivity contribution in [1.29, 1.82) is 0 Å². The van der Waals surface area contributed by atoms with Crippen molar-refractivity contribution in [2.45, 2.75) is 6.54 Å². The van der Waals surface area contributed by atoms with Crippen molar-refractivity contribution >= 4 is 23.3 Å². The van der Waals surface area contributed by atoms with Crippen LogP contribution in [0.15, 0.2) is 36.4 Å². The third-order valence-electron chi connectivity index (χ3n) is 2.69. The maximum absolute atomic E-state index is 13.4. The van der Waals surface area contributed by atoms with Crippen LogP contribution >= 0.6 is 11.6 Å². The molecule has 0 amide bonds. The van der Waals surface area contributed by atoms with Crippen LogP contribution in [0.25, 0.3) is 0 Å². The second kappa shape index (κ2) is 5.88. The van der Waals surface area contributed by atoms with E-state index in [1.165, 1.54) is 18.2 Å². The first-order chi connectivity index (χ1) is 9.47. The van der Waals surface area contributed by atoms with E-state index in [4.69, 9.17) is 16.7 Å². The predicted octanol–water partition coefficient (Wildman–Crippen LogP) is 3.93. The number of carboxylic acid groups (broad SMARTS) is 1. The Labute approximate surface area is 118 Å². The average molecular weight is 298 g/mol. The summed E-state index contributed by atoms with van der Waals surface area (Å²) in [7, 11) is 0. The minimum Gasteiger partial charge on any atom is -0.478 e. The Kier molecular flexibility index (Phi) is 4.20. The number of hydrogen-bond acceptors (Lipinski definition) is 2. The first-order valence-electron chi connectivity index (χ1n) is 5.68. The van der Waals surface area contributed by atoms with Crippen LogP contribution in [0.3, 0.4) is 0 Å². The molecule has 0 aliphatic carbocycles. The van der Waals surface area contributed by atoms with E-state index in [0.717, 1.165) is 18.2 Å². The van der Waals surface area contributed by atoms with E-state index in [9.17, 15) is 13.6 Å². The maximum Gasteiger partial charge on any atom is 0.337 e. The number of benzene rings is 2. The molecular weight excluding hydrogens is 288 g/mol. The molecule has 0 bridgehead atoms. The highest BCUT2D eigenvalue weighted by molar-refractivity contribution is 6.33. The summed E-state index contributed by atoms with van der Waals surface area (Å²) in [6.45, 7) is 0.0618. The Morgan fingerprint density at radius 2 is 1.95 bits per heavy atom. The number of rotatable bonds is 4. The highest BCUT2D eigenvalue weighted by Gasteiger charge is 2.09. The first kappa shape index (κ1) is 14.3. The normalized spacial score (nSPS) is 10.3. The van der Waals surface area contributed by atoms with Gasteiger partial charge in [0.15, 0.2) is 0 Å². The summed E-state index contributed by atoms with van der Waals surface area (Å²) in [5.74, 6) is -2.17.